The molecule has 1 amide bonds. The molecule has 0 bridgehead atoms. The second-order valence-electron chi connectivity index (χ2n) is 7.27. The Labute approximate surface area is 184 Å². The minimum absolute atomic E-state index is 0.180. The molecule has 160 valence electrons. The molecule has 1 atom stereocenters. The molecule has 0 saturated carbocycles. The molecule has 3 aromatic rings. The van der Waals surface area contributed by atoms with E-state index in [2.05, 4.69) is 11.1 Å². The molecule has 8 heteroatoms. The zero-order valence-corrected chi connectivity index (χ0v) is 18.1. The van der Waals surface area contributed by atoms with Gasteiger partial charge in [-0.2, -0.15) is 0 Å². The van der Waals surface area contributed by atoms with E-state index in [1.807, 2.05) is 24.5 Å². The number of aromatic nitrogens is 2. The fourth-order valence-corrected chi connectivity index (χ4v) is 4.22. The molecule has 0 saturated heterocycles. The first-order valence-corrected chi connectivity index (χ1v) is 11.1. The summed E-state index contributed by atoms with van der Waals surface area (Å²) in [7, 11) is 0. The van der Waals surface area contributed by atoms with Crippen molar-refractivity contribution >= 4 is 23.6 Å². The van der Waals surface area contributed by atoms with E-state index in [1.165, 1.54) is 35.7 Å². The minimum atomic E-state index is -0.938. The molecule has 0 N–H and O–H groups in total. The van der Waals surface area contributed by atoms with Gasteiger partial charge in [-0.05, 0) is 55.0 Å². The molecule has 0 fully saturated rings. The van der Waals surface area contributed by atoms with Gasteiger partial charge in [0.05, 0.1) is 6.20 Å². The molecule has 31 heavy (non-hydrogen) atoms. The number of hydrogen-bond acceptors (Lipinski definition) is 5. The summed E-state index contributed by atoms with van der Waals surface area (Å²) in [5, 5.41) is 0.560. The number of halogens is 1. The summed E-state index contributed by atoms with van der Waals surface area (Å²) in [4.78, 5) is 31.8. The van der Waals surface area contributed by atoms with Crippen LogP contribution in [0.4, 0.5) is 4.39 Å². The fourth-order valence-electron chi connectivity index (χ4n) is 3.67. The lowest BCUT2D eigenvalue weighted by atomic mass is 9.99. The molecule has 1 aromatic heterocycles. The van der Waals surface area contributed by atoms with Gasteiger partial charge in [-0.15, -0.1) is 0 Å². The maximum atomic E-state index is 13.3. The lowest BCUT2D eigenvalue weighted by molar-refractivity contribution is -0.140. The second kappa shape index (κ2) is 8.93. The molecule has 4 rings (SSSR count). The van der Waals surface area contributed by atoms with Crippen LogP contribution in [0.15, 0.2) is 59.9 Å². The predicted octanol–water partition coefficient (Wildman–Crippen LogP) is 3.86. The largest absolute Gasteiger partial charge is 0.448 e. The summed E-state index contributed by atoms with van der Waals surface area (Å²) in [6.07, 6.45) is 3.08. The van der Waals surface area contributed by atoms with Crippen molar-refractivity contribution in [2.45, 2.75) is 31.1 Å². The van der Waals surface area contributed by atoms with Gasteiger partial charge in [0.1, 0.15) is 5.82 Å². The number of benzene rings is 2. The number of rotatable bonds is 5. The molecule has 0 aliphatic carbocycles. The Hall–Kier alpha value is -3.13. The molecule has 1 aliphatic rings. The summed E-state index contributed by atoms with van der Waals surface area (Å²) in [5.41, 5.74) is 3.12. The van der Waals surface area contributed by atoms with Crippen LogP contribution in [0.25, 0.3) is 5.69 Å². The van der Waals surface area contributed by atoms with E-state index in [0.29, 0.717) is 23.9 Å². The molecule has 0 radical (unpaired) electrons. The number of ether oxygens (including phenoxy) is 1. The van der Waals surface area contributed by atoms with Crippen LogP contribution in [-0.2, 0) is 22.5 Å². The lowest BCUT2D eigenvalue weighted by Gasteiger charge is -2.30. The third kappa shape index (κ3) is 4.34. The van der Waals surface area contributed by atoms with Crippen LogP contribution < -0.4 is 0 Å². The summed E-state index contributed by atoms with van der Waals surface area (Å²) < 4.78 is 20.4. The first kappa shape index (κ1) is 21.1. The van der Waals surface area contributed by atoms with Crippen molar-refractivity contribution < 1.29 is 18.7 Å². The zero-order valence-electron chi connectivity index (χ0n) is 17.2. The van der Waals surface area contributed by atoms with Crippen molar-refractivity contribution in [1.29, 1.82) is 0 Å². The number of nitrogens with zero attached hydrogens (tertiary/aromatic N) is 3. The van der Waals surface area contributed by atoms with Gasteiger partial charge in [0.2, 0.25) is 0 Å². The van der Waals surface area contributed by atoms with Crippen molar-refractivity contribution in [3.8, 4) is 5.69 Å². The Morgan fingerprint density at radius 3 is 2.55 bits per heavy atom. The Bertz CT molecular complexity index is 1110. The number of carbonyl (C=O) groups is 2. The minimum Gasteiger partial charge on any atom is -0.448 e. The Kier molecular flexibility index (Phi) is 6.08. The maximum Gasteiger partial charge on any atom is 0.357 e. The number of carbonyl (C=O) groups excluding carboxylic acids is 2. The van der Waals surface area contributed by atoms with Gasteiger partial charge in [0, 0.05) is 18.8 Å². The Morgan fingerprint density at radius 1 is 1.13 bits per heavy atom. The third-order valence-electron chi connectivity index (χ3n) is 5.28. The van der Waals surface area contributed by atoms with E-state index >= 15 is 0 Å². The lowest BCUT2D eigenvalue weighted by Crippen LogP contribution is -2.42. The highest BCUT2D eigenvalue weighted by Crippen LogP contribution is 2.24. The monoisotopic (exact) mass is 439 g/mol. The number of esters is 1. The van der Waals surface area contributed by atoms with Gasteiger partial charge in [-0.25, -0.2) is 14.2 Å². The molecule has 2 aromatic carbocycles. The van der Waals surface area contributed by atoms with Crippen LogP contribution in [0.3, 0.4) is 0 Å². The van der Waals surface area contributed by atoms with Crippen LogP contribution in [0.5, 0.6) is 0 Å². The van der Waals surface area contributed by atoms with Crippen molar-refractivity contribution in [1.82, 2.24) is 14.5 Å². The van der Waals surface area contributed by atoms with Crippen molar-refractivity contribution in [3.05, 3.63) is 77.4 Å². The summed E-state index contributed by atoms with van der Waals surface area (Å²) in [6.45, 7) is 2.66. The van der Waals surface area contributed by atoms with E-state index < -0.39 is 12.1 Å². The molecule has 2 heterocycles. The topological polar surface area (TPSA) is 64.4 Å². The van der Waals surface area contributed by atoms with E-state index in [0.717, 1.165) is 12.0 Å². The fraction of sp³-hybridized carbons (Fsp3) is 0.261. The summed E-state index contributed by atoms with van der Waals surface area (Å²) >= 11 is 1.35. The number of thioether (sulfide) groups is 1. The summed E-state index contributed by atoms with van der Waals surface area (Å²) in [6, 6.07) is 13.8. The summed E-state index contributed by atoms with van der Waals surface area (Å²) in [5.74, 6) is -1.27. The van der Waals surface area contributed by atoms with Crippen molar-refractivity contribution in [2.24, 2.45) is 0 Å². The number of fused-ring (bicyclic) bond motifs is 1. The SMILES string of the molecule is CSc1ncc(C(=O)OC(C)C(=O)N2CCc3ccccc3C2)n1-c1ccc(F)cc1. The average Bonchev–Trinajstić information content (AvgIpc) is 3.23. The van der Waals surface area contributed by atoms with Crippen LogP contribution in [0, 0.1) is 5.82 Å². The van der Waals surface area contributed by atoms with Crippen LogP contribution in [-0.4, -0.2) is 45.2 Å². The number of amides is 1. The van der Waals surface area contributed by atoms with E-state index in [-0.39, 0.29) is 17.4 Å². The Balaban J connectivity index is 1.50. The van der Waals surface area contributed by atoms with Crippen LogP contribution in [0.2, 0.25) is 0 Å². The highest BCUT2D eigenvalue weighted by atomic mass is 32.2. The zero-order chi connectivity index (χ0) is 22.0. The van der Waals surface area contributed by atoms with Gasteiger partial charge in [0.15, 0.2) is 17.0 Å². The molecular weight excluding hydrogens is 417 g/mol. The predicted molar refractivity (Wildman–Crippen MR) is 116 cm³/mol. The molecule has 0 spiro atoms. The van der Waals surface area contributed by atoms with Crippen molar-refractivity contribution in [3.63, 3.8) is 0 Å². The van der Waals surface area contributed by atoms with Gasteiger partial charge in [0.25, 0.3) is 5.91 Å². The van der Waals surface area contributed by atoms with E-state index in [4.69, 9.17) is 4.74 Å². The average molecular weight is 440 g/mol. The highest BCUT2D eigenvalue weighted by molar-refractivity contribution is 7.98. The maximum absolute atomic E-state index is 13.3. The molecule has 1 unspecified atom stereocenters. The molecular formula is C23H22FN3O3S. The molecule has 6 nitrogen and oxygen atoms in total. The van der Waals surface area contributed by atoms with Gasteiger partial charge >= 0.3 is 5.97 Å². The van der Waals surface area contributed by atoms with E-state index in [1.54, 1.807) is 28.5 Å². The number of imidazole rings is 1. The van der Waals surface area contributed by atoms with Crippen LogP contribution in [0.1, 0.15) is 28.5 Å². The second-order valence-corrected chi connectivity index (χ2v) is 8.04. The quantitative estimate of drug-likeness (QED) is 0.446. The van der Waals surface area contributed by atoms with Crippen molar-refractivity contribution in [2.75, 3.05) is 12.8 Å². The van der Waals surface area contributed by atoms with Crippen LogP contribution >= 0.6 is 11.8 Å². The third-order valence-corrected chi connectivity index (χ3v) is 5.93. The smallest absolute Gasteiger partial charge is 0.357 e. The first-order valence-electron chi connectivity index (χ1n) is 9.92. The van der Waals surface area contributed by atoms with Gasteiger partial charge in [-0.3, -0.25) is 9.36 Å². The van der Waals surface area contributed by atoms with Gasteiger partial charge in [-0.1, -0.05) is 36.0 Å². The molecule has 1 aliphatic heterocycles. The standard InChI is InChI=1S/C23H22FN3O3S/c1-15(21(28)26-12-11-16-5-3-4-6-17(16)14-26)30-22(29)20-13-25-23(31-2)27(20)19-9-7-18(24)8-10-19/h3-10,13,15H,11-12,14H2,1-2H3. The Morgan fingerprint density at radius 2 is 1.84 bits per heavy atom. The van der Waals surface area contributed by atoms with Gasteiger partial charge < -0.3 is 9.64 Å². The highest BCUT2D eigenvalue weighted by Gasteiger charge is 2.29. The number of hydrogen-bond donors (Lipinski definition) is 0. The van der Waals surface area contributed by atoms with E-state index in [9.17, 15) is 14.0 Å². The normalized spacial score (nSPS) is 14.1. The first-order chi connectivity index (χ1) is 15.0.